The Morgan fingerprint density at radius 2 is 1.73 bits per heavy atom. The van der Waals surface area contributed by atoms with Crippen molar-refractivity contribution in [1.82, 2.24) is 4.31 Å². The zero-order valence-corrected chi connectivity index (χ0v) is 23.2. The number of rotatable bonds is 7. The number of carbonyl (C=O) groups excluding carboxylic acids is 1. The number of morpholine rings is 1. The molecule has 0 saturated carbocycles. The molecule has 5 rings (SSSR count). The van der Waals surface area contributed by atoms with Gasteiger partial charge in [-0.05, 0) is 48.0 Å². The Hall–Kier alpha value is -4.57. The maximum atomic E-state index is 13.0. The SMILES string of the molecule is COc1ccc(C2C(C#N)=C(N)Oc3cc(NC(=O)c4ccc(S(=O)(=O)N5CCOCC5)cc4)ccc32)cc1OC. The molecule has 3 aromatic rings. The van der Waals surface area contributed by atoms with Crippen molar-refractivity contribution in [2.75, 3.05) is 45.8 Å². The smallest absolute Gasteiger partial charge is 0.255 e. The van der Waals surface area contributed by atoms with Gasteiger partial charge in [-0.15, -0.1) is 0 Å². The average molecular weight is 577 g/mol. The molecule has 1 unspecified atom stereocenters. The lowest BCUT2D eigenvalue weighted by Crippen LogP contribution is -2.40. The van der Waals surface area contributed by atoms with Crippen molar-refractivity contribution in [3.8, 4) is 23.3 Å². The van der Waals surface area contributed by atoms with Crippen LogP contribution in [0.2, 0.25) is 0 Å². The number of nitrogens with zero attached hydrogens (tertiary/aromatic N) is 2. The lowest BCUT2D eigenvalue weighted by atomic mass is 9.83. The van der Waals surface area contributed by atoms with Gasteiger partial charge in [0, 0.05) is 36.0 Å². The van der Waals surface area contributed by atoms with Crippen LogP contribution in [0, 0.1) is 11.3 Å². The quantitative estimate of drug-likeness (QED) is 0.432. The van der Waals surface area contributed by atoms with Crippen LogP contribution >= 0.6 is 0 Å². The van der Waals surface area contributed by atoms with E-state index in [2.05, 4.69) is 11.4 Å². The first-order chi connectivity index (χ1) is 19.8. The number of ether oxygens (including phenoxy) is 4. The fraction of sp³-hybridized carbons (Fsp3) is 0.241. The van der Waals surface area contributed by atoms with Gasteiger partial charge in [0.05, 0.1) is 38.2 Å². The number of allylic oxidation sites excluding steroid dienone is 1. The largest absolute Gasteiger partial charge is 0.493 e. The van der Waals surface area contributed by atoms with Gasteiger partial charge in [-0.25, -0.2) is 8.42 Å². The molecule has 2 heterocycles. The first-order valence-corrected chi connectivity index (χ1v) is 14.1. The highest BCUT2D eigenvalue weighted by Crippen LogP contribution is 2.44. The molecule has 3 aromatic carbocycles. The van der Waals surface area contributed by atoms with Crippen LogP contribution in [-0.4, -0.2) is 59.2 Å². The molecule has 1 atom stereocenters. The normalized spacial score (nSPS) is 17.1. The summed E-state index contributed by atoms with van der Waals surface area (Å²) in [7, 11) is -0.604. The van der Waals surface area contributed by atoms with Crippen LogP contribution in [0.5, 0.6) is 17.2 Å². The number of sulfonamides is 1. The summed E-state index contributed by atoms with van der Waals surface area (Å²) in [6.45, 7) is 1.26. The van der Waals surface area contributed by atoms with E-state index < -0.39 is 21.8 Å². The van der Waals surface area contributed by atoms with E-state index in [1.807, 2.05) is 6.07 Å². The second-order valence-electron chi connectivity index (χ2n) is 9.29. The Labute approximate surface area is 237 Å². The predicted molar refractivity (Wildman–Crippen MR) is 149 cm³/mol. The fourth-order valence-electron chi connectivity index (χ4n) is 4.83. The molecule has 0 aromatic heterocycles. The van der Waals surface area contributed by atoms with Crippen LogP contribution in [-0.2, 0) is 14.8 Å². The minimum absolute atomic E-state index is 0.0414. The average Bonchev–Trinajstić information content (AvgIpc) is 3.00. The first-order valence-electron chi connectivity index (χ1n) is 12.7. The van der Waals surface area contributed by atoms with Crippen LogP contribution in [0.3, 0.4) is 0 Å². The van der Waals surface area contributed by atoms with E-state index in [1.165, 1.54) is 42.8 Å². The Kier molecular flexibility index (Phi) is 7.85. The second kappa shape index (κ2) is 11.5. The maximum absolute atomic E-state index is 13.0. The Morgan fingerprint density at radius 3 is 2.39 bits per heavy atom. The number of hydrogen-bond donors (Lipinski definition) is 2. The number of methoxy groups -OCH3 is 2. The van der Waals surface area contributed by atoms with Crippen molar-refractivity contribution < 1.29 is 32.2 Å². The highest BCUT2D eigenvalue weighted by molar-refractivity contribution is 7.89. The minimum Gasteiger partial charge on any atom is -0.493 e. The minimum atomic E-state index is -3.67. The molecule has 12 heteroatoms. The van der Waals surface area contributed by atoms with Gasteiger partial charge in [-0.3, -0.25) is 4.79 Å². The standard InChI is InChI=1S/C29H28N4O7S/c1-37-24-10-5-19(15-26(24)38-2)27-22-9-6-20(16-25(22)40-28(31)23(27)17-30)32-29(34)18-3-7-21(8-4-18)41(35,36)33-11-13-39-14-12-33/h3-10,15-16,27H,11-14,31H2,1-2H3,(H,32,34). The van der Waals surface area contributed by atoms with Crippen molar-refractivity contribution in [1.29, 1.82) is 5.26 Å². The molecule has 0 aliphatic carbocycles. The van der Waals surface area contributed by atoms with Crippen molar-refractivity contribution >= 4 is 21.6 Å². The van der Waals surface area contributed by atoms with E-state index in [0.717, 1.165) is 5.56 Å². The molecule has 2 aliphatic heterocycles. The van der Waals surface area contributed by atoms with Gasteiger partial charge in [-0.2, -0.15) is 9.57 Å². The van der Waals surface area contributed by atoms with Gasteiger partial charge in [-0.1, -0.05) is 12.1 Å². The Morgan fingerprint density at radius 1 is 1.02 bits per heavy atom. The summed E-state index contributed by atoms with van der Waals surface area (Å²) in [6.07, 6.45) is 0. The lowest BCUT2D eigenvalue weighted by Gasteiger charge is -2.27. The highest BCUT2D eigenvalue weighted by Gasteiger charge is 2.32. The Balaban J connectivity index is 1.38. The molecule has 0 spiro atoms. The van der Waals surface area contributed by atoms with Gasteiger partial charge in [0.1, 0.15) is 17.4 Å². The number of anilines is 1. The van der Waals surface area contributed by atoms with E-state index in [4.69, 9.17) is 24.7 Å². The lowest BCUT2D eigenvalue weighted by molar-refractivity contribution is 0.0730. The number of carbonyl (C=O) groups is 1. The third kappa shape index (κ3) is 5.43. The third-order valence-corrected chi connectivity index (χ3v) is 8.86. The second-order valence-corrected chi connectivity index (χ2v) is 11.2. The summed E-state index contributed by atoms with van der Waals surface area (Å²) in [5.74, 6) is 0.416. The molecule has 0 radical (unpaired) electrons. The van der Waals surface area contributed by atoms with E-state index in [-0.39, 0.29) is 35.0 Å². The van der Waals surface area contributed by atoms with Crippen LogP contribution in [0.15, 0.2) is 77.0 Å². The van der Waals surface area contributed by atoms with Gasteiger partial charge >= 0.3 is 0 Å². The third-order valence-electron chi connectivity index (χ3n) is 6.94. The van der Waals surface area contributed by atoms with Crippen molar-refractivity contribution in [3.05, 3.63) is 88.8 Å². The van der Waals surface area contributed by atoms with Gasteiger partial charge in [0.25, 0.3) is 5.91 Å². The summed E-state index contributed by atoms with van der Waals surface area (Å²) < 4.78 is 48.9. The number of fused-ring (bicyclic) bond motifs is 1. The number of nitrogens with two attached hydrogens (primary N) is 1. The van der Waals surface area contributed by atoms with E-state index in [0.29, 0.717) is 41.7 Å². The van der Waals surface area contributed by atoms with Crippen molar-refractivity contribution in [2.24, 2.45) is 5.73 Å². The number of benzene rings is 3. The summed E-state index contributed by atoms with van der Waals surface area (Å²) in [6, 6.07) is 18.3. The number of nitrogens with one attached hydrogen (secondary N) is 1. The van der Waals surface area contributed by atoms with Crippen LogP contribution < -0.4 is 25.3 Å². The van der Waals surface area contributed by atoms with Crippen molar-refractivity contribution in [2.45, 2.75) is 10.8 Å². The summed E-state index contributed by atoms with van der Waals surface area (Å²) in [4.78, 5) is 13.1. The number of nitriles is 1. The maximum Gasteiger partial charge on any atom is 0.255 e. The predicted octanol–water partition coefficient (Wildman–Crippen LogP) is 3.20. The number of amides is 1. The molecule has 11 nitrogen and oxygen atoms in total. The van der Waals surface area contributed by atoms with E-state index in [1.54, 1.807) is 30.3 Å². The molecule has 3 N–H and O–H groups in total. The highest BCUT2D eigenvalue weighted by atomic mass is 32.2. The molecule has 1 saturated heterocycles. The summed E-state index contributed by atoms with van der Waals surface area (Å²) in [5.41, 5.74) is 8.51. The van der Waals surface area contributed by atoms with E-state index >= 15 is 0 Å². The van der Waals surface area contributed by atoms with Gasteiger partial charge in [0.15, 0.2) is 11.5 Å². The molecule has 0 bridgehead atoms. The zero-order valence-electron chi connectivity index (χ0n) is 22.4. The summed E-state index contributed by atoms with van der Waals surface area (Å²) >= 11 is 0. The topological polar surface area (TPSA) is 153 Å². The van der Waals surface area contributed by atoms with Crippen molar-refractivity contribution in [3.63, 3.8) is 0 Å². The molecular formula is C29H28N4O7S. The van der Waals surface area contributed by atoms with Gasteiger partial charge < -0.3 is 30.0 Å². The van der Waals surface area contributed by atoms with Gasteiger partial charge in [0.2, 0.25) is 15.9 Å². The molecule has 1 fully saturated rings. The molecule has 1 amide bonds. The first kappa shape index (κ1) is 28.0. The molecular weight excluding hydrogens is 548 g/mol. The molecule has 41 heavy (non-hydrogen) atoms. The van der Waals surface area contributed by atoms with E-state index in [9.17, 15) is 18.5 Å². The molecule has 2 aliphatic rings. The monoisotopic (exact) mass is 576 g/mol. The number of hydrogen-bond acceptors (Lipinski definition) is 9. The molecule has 212 valence electrons. The van der Waals surface area contributed by atoms with Crippen LogP contribution in [0.4, 0.5) is 5.69 Å². The van der Waals surface area contributed by atoms with Crippen LogP contribution in [0.25, 0.3) is 0 Å². The summed E-state index contributed by atoms with van der Waals surface area (Å²) in [5, 5.41) is 12.7. The fourth-order valence-corrected chi connectivity index (χ4v) is 6.23. The zero-order chi connectivity index (χ0) is 29.1. The van der Waals surface area contributed by atoms with Crippen LogP contribution in [0.1, 0.15) is 27.4 Å². The Bertz CT molecular complexity index is 1660.